The quantitative estimate of drug-likeness (QED) is 0.757. The van der Waals surface area contributed by atoms with Gasteiger partial charge in [-0.05, 0) is 50.4 Å². The second kappa shape index (κ2) is 5.38. The highest BCUT2D eigenvalue weighted by Gasteiger charge is 2.46. The van der Waals surface area contributed by atoms with Crippen LogP contribution in [0.4, 0.5) is 0 Å². The third-order valence-corrected chi connectivity index (χ3v) is 5.14. The summed E-state index contributed by atoms with van der Waals surface area (Å²) in [7, 11) is 0. The van der Waals surface area contributed by atoms with Crippen LogP contribution in [0.5, 0.6) is 0 Å². The number of aliphatic hydroxyl groups is 1. The van der Waals surface area contributed by atoms with E-state index in [-0.39, 0.29) is 5.38 Å². The zero-order valence-electron chi connectivity index (χ0n) is 11.7. The number of rotatable bonds is 3. The van der Waals surface area contributed by atoms with E-state index in [1.54, 1.807) is 0 Å². The predicted molar refractivity (Wildman–Crippen MR) is 77.8 cm³/mol. The van der Waals surface area contributed by atoms with E-state index >= 15 is 0 Å². The van der Waals surface area contributed by atoms with E-state index < -0.39 is 5.60 Å². The van der Waals surface area contributed by atoms with E-state index in [9.17, 15) is 5.11 Å². The van der Waals surface area contributed by atoms with Crippen molar-refractivity contribution in [2.24, 2.45) is 17.8 Å². The number of alkyl halides is 1. The minimum Gasteiger partial charge on any atom is -0.390 e. The summed E-state index contributed by atoms with van der Waals surface area (Å²) in [6, 6.07) is 0. The number of allylic oxidation sites excluding steroid dienone is 4. The Hall–Kier alpha value is -0.270. The maximum absolute atomic E-state index is 10.8. The molecule has 4 atom stereocenters. The van der Waals surface area contributed by atoms with Crippen molar-refractivity contribution in [2.75, 3.05) is 0 Å². The summed E-state index contributed by atoms with van der Waals surface area (Å²) >= 11 is 6.04. The molecule has 2 rings (SSSR count). The van der Waals surface area contributed by atoms with E-state index in [1.165, 1.54) is 5.57 Å². The van der Waals surface area contributed by atoms with Crippen LogP contribution in [0.3, 0.4) is 0 Å². The molecule has 0 radical (unpaired) electrons. The highest BCUT2D eigenvalue weighted by atomic mass is 35.5. The zero-order chi connectivity index (χ0) is 13.3. The molecule has 1 fully saturated rings. The van der Waals surface area contributed by atoms with Crippen LogP contribution in [0.15, 0.2) is 23.8 Å². The third-order valence-electron chi connectivity index (χ3n) is 4.81. The van der Waals surface area contributed by atoms with Crippen molar-refractivity contribution in [1.82, 2.24) is 0 Å². The number of hydrogen-bond donors (Lipinski definition) is 1. The maximum atomic E-state index is 10.8. The normalized spacial score (nSPS) is 40.3. The third kappa shape index (κ3) is 2.83. The molecule has 0 aromatic heterocycles. The smallest absolute Gasteiger partial charge is 0.0681 e. The average molecular weight is 269 g/mol. The summed E-state index contributed by atoms with van der Waals surface area (Å²) in [6.45, 7) is 6.48. The van der Waals surface area contributed by atoms with Crippen LogP contribution in [0.1, 0.15) is 46.5 Å². The molecule has 1 N–H and O–H groups in total. The predicted octanol–water partition coefficient (Wildman–Crippen LogP) is 4.30. The lowest BCUT2D eigenvalue weighted by molar-refractivity contribution is -0.0333. The van der Waals surface area contributed by atoms with Crippen molar-refractivity contribution in [2.45, 2.75) is 57.4 Å². The van der Waals surface area contributed by atoms with Crippen molar-refractivity contribution in [3.8, 4) is 0 Å². The van der Waals surface area contributed by atoms with E-state index in [0.717, 1.165) is 25.7 Å². The van der Waals surface area contributed by atoms with Gasteiger partial charge in [0.1, 0.15) is 0 Å². The topological polar surface area (TPSA) is 20.2 Å². The molecule has 2 aliphatic rings. The minimum atomic E-state index is -0.513. The molecule has 4 unspecified atom stereocenters. The fourth-order valence-electron chi connectivity index (χ4n) is 3.66. The number of hydrogen-bond acceptors (Lipinski definition) is 1. The highest BCUT2D eigenvalue weighted by Crippen LogP contribution is 2.47. The SMILES string of the molecule is CC(C)C1CCC(CC2=CCC(Cl)C=C2)C1(C)O. The lowest BCUT2D eigenvalue weighted by Gasteiger charge is -2.34. The van der Waals surface area contributed by atoms with Crippen LogP contribution in [0, 0.1) is 17.8 Å². The van der Waals surface area contributed by atoms with Gasteiger partial charge >= 0.3 is 0 Å². The molecule has 0 heterocycles. The van der Waals surface area contributed by atoms with Crippen molar-refractivity contribution in [1.29, 1.82) is 0 Å². The Morgan fingerprint density at radius 3 is 2.67 bits per heavy atom. The van der Waals surface area contributed by atoms with Gasteiger partial charge in [0.25, 0.3) is 0 Å². The molecule has 0 aromatic carbocycles. The Kier molecular flexibility index (Phi) is 4.23. The summed E-state index contributed by atoms with van der Waals surface area (Å²) in [6.07, 6.45) is 10.7. The van der Waals surface area contributed by atoms with Crippen LogP contribution in [0.2, 0.25) is 0 Å². The molecule has 0 aliphatic heterocycles. The lowest BCUT2D eigenvalue weighted by atomic mass is 9.77. The van der Waals surface area contributed by atoms with Crippen LogP contribution in [0.25, 0.3) is 0 Å². The van der Waals surface area contributed by atoms with E-state index in [1.807, 2.05) is 6.92 Å². The van der Waals surface area contributed by atoms with E-state index in [2.05, 4.69) is 32.1 Å². The van der Waals surface area contributed by atoms with Gasteiger partial charge in [-0.25, -0.2) is 0 Å². The summed E-state index contributed by atoms with van der Waals surface area (Å²) in [4.78, 5) is 0. The molecule has 1 saturated carbocycles. The Labute approximate surface area is 116 Å². The largest absolute Gasteiger partial charge is 0.390 e. The molecule has 18 heavy (non-hydrogen) atoms. The summed E-state index contributed by atoms with van der Waals surface area (Å²) < 4.78 is 0. The Balaban J connectivity index is 2.01. The van der Waals surface area contributed by atoms with E-state index in [0.29, 0.717) is 17.8 Å². The second-order valence-corrected chi connectivity index (χ2v) is 7.01. The first-order valence-electron chi connectivity index (χ1n) is 7.15. The molecule has 0 amide bonds. The van der Waals surface area contributed by atoms with Crippen molar-refractivity contribution in [3.63, 3.8) is 0 Å². The first-order chi connectivity index (χ1) is 8.41. The molecule has 1 nitrogen and oxygen atoms in total. The van der Waals surface area contributed by atoms with Gasteiger partial charge in [0.2, 0.25) is 0 Å². The standard InChI is InChI=1S/C16H25ClO/c1-11(2)15-9-6-13(16(15,3)18)10-12-4-7-14(17)8-5-12/h4-5,7,11,13-15,18H,6,8-10H2,1-3H3. The van der Waals surface area contributed by atoms with Gasteiger partial charge in [-0.2, -0.15) is 0 Å². The van der Waals surface area contributed by atoms with Crippen molar-refractivity contribution < 1.29 is 5.11 Å². The molecule has 2 heteroatoms. The zero-order valence-corrected chi connectivity index (χ0v) is 12.5. The first-order valence-corrected chi connectivity index (χ1v) is 7.58. The molecule has 0 bridgehead atoms. The van der Waals surface area contributed by atoms with Crippen LogP contribution < -0.4 is 0 Å². The average Bonchev–Trinajstić information content (AvgIpc) is 2.58. The van der Waals surface area contributed by atoms with E-state index in [4.69, 9.17) is 11.6 Å². The molecular formula is C16H25ClO. The maximum Gasteiger partial charge on any atom is 0.0681 e. The summed E-state index contributed by atoms with van der Waals surface area (Å²) in [5.41, 5.74) is 0.835. The molecular weight excluding hydrogens is 244 g/mol. The van der Waals surface area contributed by atoms with Gasteiger partial charge < -0.3 is 5.11 Å². The Morgan fingerprint density at radius 1 is 1.44 bits per heavy atom. The molecule has 0 saturated heterocycles. The van der Waals surface area contributed by atoms with Gasteiger partial charge in [-0.3, -0.25) is 0 Å². The highest BCUT2D eigenvalue weighted by molar-refractivity contribution is 6.22. The summed E-state index contributed by atoms with van der Waals surface area (Å²) in [5, 5.41) is 10.9. The van der Waals surface area contributed by atoms with Crippen LogP contribution in [-0.2, 0) is 0 Å². The molecule has 2 aliphatic carbocycles. The van der Waals surface area contributed by atoms with Crippen LogP contribution >= 0.6 is 11.6 Å². The van der Waals surface area contributed by atoms with Gasteiger partial charge in [0, 0.05) is 0 Å². The summed E-state index contributed by atoms with van der Waals surface area (Å²) in [5.74, 6) is 1.40. The van der Waals surface area contributed by atoms with Gasteiger partial charge in [0.05, 0.1) is 11.0 Å². The van der Waals surface area contributed by atoms with Gasteiger partial charge in [-0.1, -0.05) is 37.6 Å². The van der Waals surface area contributed by atoms with Crippen LogP contribution in [-0.4, -0.2) is 16.1 Å². The fraction of sp³-hybridized carbons (Fsp3) is 0.750. The minimum absolute atomic E-state index is 0.154. The lowest BCUT2D eigenvalue weighted by Crippen LogP contribution is -2.38. The van der Waals surface area contributed by atoms with Gasteiger partial charge in [-0.15, -0.1) is 11.6 Å². The fourth-order valence-corrected chi connectivity index (χ4v) is 3.82. The Bertz CT molecular complexity index is 354. The van der Waals surface area contributed by atoms with Crippen molar-refractivity contribution >= 4 is 11.6 Å². The molecule has 0 aromatic rings. The molecule has 102 valence electrons. The monoisotopic (exact) mass is 268 g/mol. The van der Waals surface area contributed by atoms with Crippen molar-refractivity contribution in [3.05, 3.63) is 23.8 Å². The Morgan fingerprint density at radius 2 is 2.17 bits per heavy atom. The van der Waals surface area contributed by atoms with Gasteiger partial charge in [0.15, 0.2) is 0 Å². The number of halogens is 1. The molecule has 0 spiro atoms. The second-order valence-electron chi connectivity index (χ2n) is 6.44. The first kappa shape index (κ1) is 14.1.